The Morgan fingerprint density at radius 2 is 1.70 bits per heavy atom. The van der Waals surface area contributed by atoms with E-state index >= 15 is 0 Å². The molecule has 0 spiro atoms. The van der Waals surface area contributed by atoms with Crippen LogP contribution in [0.15, 0.2) is 42.5 Å². The molecule has 33 heavy (non-hydrogen) atoms. The van der Waals surface area contributed by atoms with E-state index in [-0.39, 0.29) is 17.9 Å². The number of benzene rings is 1. The molecule has 1 rings (SSSR count). The highest BCUT2D eigenvalue weighted by atomic mass is 16.6. The highest BCUT2D eigenvalue weighted by Gasteiger charge is 2.26. The molecule has 0 heterocycles. The molecule has 0 aliphatic carbocycles. The first-order valence-electron chi connectivity index (χ1n) is 11.4. The second-order valence-corrected chi connectivity index (χ2v) is 10.6. The summed E-state index contributed by atoms with van der Waals surface area (Å²) in [5.74, 6) is -1.02. The predicted octanol–water partition coefficient (Wildman–Crippen LogP) is 4.79. The van der Waals surface area contributed by atoms with E-state index in [9.17, 15) is 14.7 Å². The Balaban J connectivity index is 2.93. The van der Waals surface area contributed by atoms with Gasteiger partial charge in [0, 0.05) is 18.4 Å². The third-order valence-electron chi connectivity index (χ3n) is 4.77. The van der Waals surface area contributed by atoms with Crippen LogP contribution in [0.1, 0.15) is 72.4 Å². The molecule has 1 aromatic carbocycles. The van der Waals surface area contributed by atoms with Crippen LogP contribution in [0.25, 0.3) is 6.08 Å². The molecule has 3 N–H and O–H groups in total. The highest BCUT2D eigenvalue weighted by Crippen LogP contribution is 2.22. The van der Waals surface area contributed by atoms with E-state index in [4.69, 9.17) is 15.2 Å². The predicted molar refractivity (Wildman–Crippen MR) is 132 cm³/mol. The van der Waals surface area contributed by atoms with Crippen LogP contribution in [-0.2, 0) is 25.7 Å². The topological polar surface area (TPSA) is 98.9 Å². The summed E-state index contributed by atoms with van der Waals surface area (Å²) in [7, 11) is 0. The zero-order valence-electron chi connectivity index (χ0n) is 21.1. The van der Waals surface area contributed by atoms with Gasteiger partial charge in [0.05, 0.1) is 6.61 Å². The summed E-state index contributed by atoms with van der Waals surface area (Å²) in [5, 5.41) is 9.19. The zero-order valence-corrected chi connectivity index (χ0v) is 21.1. The third-order valence-corrected chi connectivity index (χ3v) is 4.77. The number of hydrogen-bond donors (Lipinski definition) is 2. The van der Waals surface area contributed by atoms with Crippen molar-refractivity contribution in [3.63, 3.8) is 0 Å². The van der Waals surface area contributed by atoms with Gasteiger partial charge in [-0.2, -0.15) is 0 Å². The third kappa shape index (κ3) is 12.4. The van der Waals surface area contributed by atoms with Gasteiger partial charge in [-0.1, -0.05) is 70.2 Å². The van der Waals surface area contributed by atoms with Crippen LogP contribution in [0.2, 0.25) is 0 Å². The molecule has 3 atom stereocenters. The lowest BCUT2D eigenvalue weighted by molar-refractivity contribution is -0.153. The first-order valence-corrected chi connectivity index (χ1v) is 11.4. The summed E-state index contributed by atoms with van der Waals surface area (Å²) >= 11 is 0. The van der Waals surface area contributed by atoms with Gasteiger partial charge in [0.1, 0.15) is 17.7 Å². The second kappa shape index (κ2) is 12.7. The van der Waals surface area contributed by atoms with Crippen molar-refractivity contribution in [1.82, 2.24) is 0 Å². The maximum atomic E-state index is 12.7. The van der Waals surface area contributed by atoms with E-state index in [0.717, 1.165) is 11.1 Å². The van der Waals surface area contributed by atoms with Crippen LogP contribution in [0.3, 0.4) is 0 Å². The summed E-state index contributed by atoms with van der Waals surface area (Å²) in [5.41, 5.74) is 7.22. The number of aliphatic hydroxyl groups is 1. The van der Waals surface area contributed by atoms with Gasteiger partial charge < -0.3 is 20.3 Å². The Hall–Kier alpha value is -2.44. The number of ether oxygens (including phenoxy) is 2. The number of aliphatic hydroxyl groups excluding tert-OH is 1. The molecule has 0 aromatic heterocycles. The minimum Gasteiger partial charge on any atom is -0.460 e. The van der Waals surface area contributed by atoms with E-state index < -0.39 is 29.7 Å². The zero-order chi connectivity index (χ0) is 25.2. The summed E-state index contributed by atoms with van der Waals surface area (Å²) in [4.78, 5) is 24.6. The molecule has 0 amide bonds. The number of nitrogens with two attached hydrogens (primary N) is 1. The monoisotopic (exact) mass is 459 g/mol. The molecule has 0 bridgehead atoms. The average molecular weight is 460 g/mol. The van der Waals surface area contributed by atoms with Crippen LogP contribution < -0.4 is 5.73 Å². The van der Waals surface area contributed by atoms with Crippen LogP contribution in [-0.4, -0.2) is 34.8 Å². The fourth-order valence-corrected chi connectivity index (χ4v) is 3.10. The fraction of sp³-hybridized carbons (Fsp3) is 0.556. The molecule has 0 fully saturated rings. The molecule has 0 unspecified atom stereocenters. The molecular formula is C27H41NO5. The van der Waals surface area contributed by atoms with Gasteiger partial charge in [0.2, 0.25) is 0 Å². The van der Waals surface area contributed by atoms with E-state index in [1.54, 1.807) is 26.8 Å². The van der Waals surface area contributed by atoms with Crippen LogP contribution >= 0.6 is 0 Å². The van der Waals surface area contributed by atoms with Crippen molar-refractivity contribution in [3.05, 3.63) is 53.6 Å². The fourth-order valence-electron chi connectivity index (χ4n) is 3.10. The summed E-state index contributed by atoms with van der Waals surface area (Å²) in [6, 6.07) is 6.83. The maximum Gasteiger partial charge on any atom is 0.330 e. The van der Waals surface area contributed by atoms with Crippen LogP contribution in [0, 0.1) is 11.3 Å². The summed E-state index contributed by atoms with van der Waals surface area (Å²) in [6.45, 7) is 13.4. The first-order chi connectivity index (χ1) is 15.2. The largest absolute Gasteiger partial charge is 0.460 e. The Morgan fingerprint density at radius 3 is 2.21 bits per heavy atom. The molecule has 0 saturated carbocycles. The SMILES string of the molecule is C[C@H](C=Cc1ccc(CO)cc1)[C@H](CC=CC(=O)OC(C)(C)C)OC(=O)[C@@H](N)CC(C)(C)C. The molecular weight excluding hydrogens is 418 g/mol. The lowest BCUT2D eigenvalue weighted by atomic mass is 9.88. The van der Waals surface area contributed by atoms with Gasteiger partial charge in [-0.25, -0.2) is 4.79 Å². The normalized spacial score (nSPS) is 15.4. The summed E-state index contributed by atoms with van der Waals surface area (Å²) in [6.07, 6.45) is 7.31. The molecule has 184 valence electrons. The molecule has 0 saturated heterocycles. The number of hydrogen-bond acceptors (Lipinski definition) is 6. The van der Waals surface area contributed by atoms with Gasteiger partial charge in [0.25, 0.3) is 0 Å². The van der Waals surface area contributed by atoms with E-state index in [1.165, 1.54) is 6.08 Å². The van der Waals surface area contributed by atoms with Crippen molar-refractivity contribution in [1.29, 1.82) is 0 Å². The molecule has 0 radical (unpaired) electrons. The average Bonchev–Trinajstić information content (AvgIpc) is 2.68. The van der Waals surface area contributed by atoms with Crippen molar-refractivity contribution in [2.75, 3.05) is 0 Å². The van der Waals surface area contributed by atoms with Crippen molar-refractivity contribution in [3.8, 4) is 0 Å². The molecule has 1 aromatic rings. The Morgan fingerprint density at radius 1 is 1.09 bits per heavy atom. The molecule has 6 nitrogen and oxygen atoms in total. The van der Waals surface area contributed by atoms with E-state index in [2.05, 4.69) is 0 Å². The van der Waals surface area contributed by atoms with Gasteiger partial charge in [-0.3, -0.25) is 4.79 Å². The van der Waals surface area contributed by atoms with Crippen LogP contribution in [0.4, 0.5) is 0 Å². The number of carbonyl (C=O) groups excluding carboxylic acids is 2. The quantitative estimate of drug-likeness (QED) is 0.385. The molecule has 0 aliphatic rings. The Bertz CT molecular complexity index is 812. The van der Waals surface area contributed by atoms with Crippen molar-refractivity contribution < 1.29 is 24.2 Å². The van der Waals surface area contributed by atoms with Crippen molar-refractivity contribution in [2.24, 2.45) is 17.1 Å². The van der Waals surface area contributed by atoms with Gasteiger partial charge in [-0.15, -0.1) is 0 Å². The maximum absolute atomic E-state index is 12.7. The Kier molecular flexibility index (Phi) is 11.0. The molecule has 6 heteroatoms. The lowest BCUT2D eigenvalue weighted by Gasteiger charge is -2.26. The van der Waals surface area contributed by atoms with E-state index in [0.29, 0.717) is 12.8 Å². The van der Waals surface area contributed by atoms with Gasteiger partial charge in [0.15, 0.2) is 0 Å². The van der Waals surface area contributed by atoms with E-state index in [1.807, 2.05) is 64.1 Å². The Labute approximate surface area is 198 Å². The number of carbonyl (C=O) groups is 2. The second-order valence-electron chi connectivity index (χ2n) is 10.6. The highest BCUT2D eigenvalue weighted by molar-refractivity contribution is 5.82. The first kappa shape index (κ1) is 28.6. The minimum atomic E-state index is -0.718. The van der Waals surface area contributed by atoms with Crippen LogP contribution in [0.5, 0.6) is 0 Å². The number of esters is 2. The standard InChI is InChI=1S/C27H41NO5/c1-19(11-12-20-13-15-21(18-29)16-14-20)23(9-8-10-24(30)33-27(5,6)7)32-25(31)22(28)17-26(2,3)4/h8,10-16,19,22-23,29H,9,17-18,28H2,1-7H3/t19-,22+,23+/m1/s1. The lowest BCUT2D eigenvalue weighted by Crippen LogP contribution is -2.39. The smallest absolute Gasteiger partial charge is 0.330 e. The van der Waals surface area contributed by atoms with Gasteiger partial charge >= 0.3 is 11.9 Å². The molecule has 0 aliphatic heterocycles. The minimum absolute atomic E-state index is 0.00275. The van der Waals surface area contributed by atoms with Gasteiger partial charge in [-0.05, 0) is 43.7 Å². The van der Waals surface area contributed by atoms with Crippen molar-refractivity contribution in [2.45, 2.75) is 85.7 Å². The van der Waals surface area contributed by atoms with Crippen molar-refractivity contribution >= 4 is 18.0 Å². The number of rotatable bonds is 10. The summed E-state index contributed by atoms with van der Waals surface area (Å²) < 4.78 is 11.1.